The summed E-state index contributed by atoms with van der Waals surface area (Å²) in [5.41, 5.74) is 1.28. The molecule has 0 radical (unpaired) electrons. The molecule has 0 bridgehead atoms. The predicted molar refractivity (Wildman–Crippen MR) is 93.2 cm³/mol. The molecule has 8 heteroatoms. The van der Waals surface area contributed by atoms with Gasteiger partial charge in [-0.1, -0.05) is 12.1 Å². The number of rotatable bonds is 3. The van der Waals surface area contributed by atoms with Gasteiger partial charge in [-0.15, -0.1) is 5.10 Å². The van der Waals surface area contributed by atoms with Crippen LogP contribution in [-0.4, -0.2) is 29.6 Å². The van der Waals surface area contributed by atoms with E-state index in [0.29, 0.717) is 28.4 Å². The van der Waals surface area contributed by atoms with Crippen molar-refractivity contribution in [2.45, 2.75) is 20.1 Å². The van der Waals surface area contributed by atoms with Crippen LogP contribution in [0.2, 0.25) is 0 Å². The van der Waals surface area contributed by atoms with E-state index < -0.39 is 12.2 Å². The molecule has 1 atom stereocenters. The second-order valence-corrected chi connectivity index (χ2v) is 5.97. The average Bonchev–Trinajstić information content (AvgIpc) is 3.28. The number of ether oxygens (including phenoxy) is 4. The van der Waals surface area contributed by atoms with E-state index in [-0.39, 0.29) is 18.6 Å². The molecular formula is C19H16N2O6. The fourth-order valence-corrected chi connectivity index (χ4v) is 2.83. The number of hydrogen-bond donors (Lipinski definition) is 0. The minimum Gasteiger partial charge on any atom is -0.454 e. The van der Waals surface area contributed by atoms with Gasteiger partial charge in [0, 0.05) is 25.0 Å². The quantitative estimate of drug-likeness (QED) is 0.611. The monoisotopic (exact) mass is 368 g/mol. The van der Waals surface area contributed by atoms with Crippen LogP contribution < -0.4 is 14.2 Å². The lowest BCUT2D eigenvalue weighted by Crippen LogP contribution is -2.25. The van der Waals surface area contributed by atoms with Crippen LogP contribution in [0.25, 0.3) is 0 Å². The largest absolute Gasteiger partial charge is 0.454 e. The molecule has 0 aliphatic carbocycles. The van der Waals surface area contributed by atoms with Crippen LogP contribution in [0.5, 0.6) is 17.2 Å². The standard InChI is InChI=1S/C19H16N2O6/c1-11(22)21-19(14-4-3-5-15(8-14)26-12(2)23)27-18(20-21)13-6-7-16-17(9-13)25-10-24-16/h3-9,19H,10H2,1-2H3/t19-/m0/s1. The summed E-state index contributed by atoms with van der Waals surface area (Å²) in [5.74, 6) is 1.17. The Balaban J connectivity index is 1.64. The van der Waals surface area contributed by atoms with Gasteiger partial charge in [-0.25, -0.2) is 0 Å². The van der Waals surface area contributed by atoms with Gasteiger partial charge in [-0.05, 0) is 30.3 Å². The molecule has 0 saturated heterocycles. The Morgan fingerprint density at radius 1 is 1.11 bits per heavy atom. The van der Waals surface area contributed by atoms with Crippen LogP contribution in [0.3, 0.4) is 0 Å². The first-order chi connectivity index (χ1) is 13.0. The van der Waals surface area contributed by atoms with Crippen LogP contribution >= 0.6 is 0 Å². The Morgan fingerprint density at radius 2 is 1.93 bits per heavy atom. The minimum atomic E-state index is -0.765. The van der Waals surface area contributed by atoms with Crippen LogP contribution in [0.15, 0.2) is 47.6 Å². The number of hydrogen-bond acceptors (Lipinski definition) is 7. The van der Waals surface area contributed by atoms with Crippen LogP contribution in [-0.2, 0) is 14.3 Å². The summed E-state index contributed by atoms with van der Waals surface area (Å²) in [4.78, 5) is 23.3. The molecule has 2 aromatic carbocycles. The molecule has 138 valence electrons. The molecule has 2 heterocycles. The topological polar surface area (TPSA) is 86.7 Å². The number of carbonyl (C=O) groups excluding carboxylic acids is 2. The zero-order chi connectivity index (χ0) is 19.0. The Kier molecular flexibility index (Phi) is 4.15. The molecule has 0 saturated carbocycles. The van der Waals surface area contributed by atoms with Crippen molar-refractivity contribution < 1.29 is 28.5 Å². The van der Waals surface area contributed by atoms with E-state index >= 15 is 0 Å². The van der Waals surface area contributed by atoms with E-state index in [9.17, 15) is 9.59 Å². The van der Waals surface area contributed by atoms with Crippen molar-refractivity contribution in [3.8, 4) is 17.2 Å². The normalized spacial score (nSPS) is 17.3. The zero-order valence-corrected chi connectivity index (χ0v) is 14.7. The van der Waals surface area contributed by atoms with E-state index in [0.717, 1.165) is 0 Å². The third-order valence-corrected chi connectivity index (χ3v) is 3.99. The first-order valence-corrected chi connectivity index (χ1v) is 8.25. The Morgan fingerprint density at radius 3 is 2.70 bits per heavy atom. The molecule has 0 spiro atoms. The predicted octanol–water partition coefficient (Wildman–Crippen LogP) is 2.58. The summed E-state index contributed by atoms with van der Waals surface area (Å²) in [7, 11) is 0. The zero-order valence-electron chi connectivity index (χ0n) is 14.7. The number of benzene rings is 2. The van der Waals surface area contributed by atoms with Crippen molar-refractivity contribution >= 4 is 17.8 Å². The lowest BCUT2D eigenvalue weighted by atomic mass is 10.1. The highest BCUT2D eigenvalue weighted by molar-refractivity contribution is 5.97. The molecule has 0 unspecified atom stereocenters. The molecule has 1 amide bonds. The molecular weight excluding hydrogens is 352 g/mol. The third kappa shape index (κ3) is 3.29. The van der Waals surface area contributed by atoms with Crippen molar-refractivity contribution in [3.63, 3.8) is 0 Å². The number of nitrogens with zero attached hydrogens (tertiary/aromatic N) is 2. The third-order valence-electron chi connectivity index (χ3n) is 3.99. The number of hydrazone groups is 1. The Labute approximate surface area is 154 Å². The van der Waals surface area contributed by atoms with Crippen molar-refractivity contribution in [2.75, 3.05) is 6.79 Å². The lowest BCUT2D eigenvalue weighted by molar-refractivity contribution is -0.135. The molecule has 27 heavy (non-hydrogen) atoms. The summed E-state index contributed by atoms with van der Waals surface area (Å²) >= 11 is 0. The number of amides is 1. The minimum absolute atomic E-state index is 0.164. The van der Waals surface area contributed by atoms with Gasteiger partial charge in [0.1, 0.15) is 5.75 Å². The fraction of sp³-hybridized carbons (Fsp3) is 0.211. The fourth-order valence-electron chi connectivity index (χ4n) is 2.83. The molecule has 8 nitrogen and oxygen atoms in total. The van der Waals surface area contributed by atoms with Crippen LogP contribution in [0, 0.1) is 0 Å². The maximum absolute atomic E-state index is 12.1. The second-order valence-electron chi connectivity index (χ2n) is 5.97. The summed E-state index contributed by atoms with van der Waals surface area (Å²) < 4.78 is 21.7. The Bertz CT molecular complexity index is 955. The molecule has 2 aliphatic rings. The molecule has 0 fully saturated rings. The van der Waals surface area contributed by atoms with E-state index in [4.69, 9.17) is 18.9 Å². The van der Waals surface area contributed by atoms with Gasteiger partial charge in [-0.3, -0.25) is 9.59 Å². The highest BCUT2D eigenvalue weighted by Crippen LogP contribution is 2.36. The average molecular weight is 368 g/mol. The maximum Gasteiger partial charge on any atom is 0.308 e. The van der Waals surface area contributed by atoms with Gasteiger partial charge in [0.15, 0.2) is 11.5 Å². The highest BCUT2D eigenvalue weighted by Gasteiger charge is 2.34. The molecule has 2 aromatic rings. The molecule has 0 N–H and O–H groups in total. The summed E-state index contributed by atoms with van der Waals surface area (Å²) in [6.07, 6.45) is -0.765. The lowest BCUT2D eigenvalue weighted by Gasteiger charge is -2.19. The van der Waals surface area contributed by atoms with Crippen molar-refractivity contribution in [1.29, 1.82) is 0 Å². The highest BCUT2D eigenvalue weighted by atomic mass is 16.7. The smallest absolute Gasteiger partial charge is 0.308 e. The summed E-state index contributed by atoms with van der Waals surface area (Å²) in [6, 6.07) is 12.1. The molecule has 4 rings (SSSR count). The van der Waals surface area contributed by atoms with Gasteiger partial charge in [0.05, 0.1) is 0 Å². The van der Waals surface area contributed by atoms with Gasteiger partial charge >= 0.3 is 5.97 Å². The van der Waals surface area contributed by atoms with E-state index in [1.165, 1.54) is 18.9 Å². The molecule has 2 aliphatic heterocycles. The van der Waals surface area contributed by atoms with Gasteiger partial charge < -0.3 is 18.9 Å². The second kappa shape index (κ2) is 6.64. The van der Waals surface area contributed by atoms with Crippen LogP contribution in [0.1, 0.15) is 31.2 Å². The van der Waals surface area contributed by atoms with Crippen molar-refractivity contribution in [1.82, 2.24) is 5.01 Å². The SMILES string of the molecule is CC(=O)Oc1cccc([C@@H]2OC(c3ccc4c(c3)OCO4)=NN2C(C)=O)c1. The van der Waals surface area contributed by atoms with Crippen molar-refractivity contribution in [3.05, 3.63) is 53.6 Å². The molecule has 0 aromatic heterocycles. The van der Waals surface area contributed by atoms with Crippen molar-refractivity contribution in [2.24, 2.45) is 5.10 Å². The van der Waals surface area contributed by atoms with Gasteiger partial charge in [0.25, 0.3) is 0 Å². The number of carbonyl (C=O) groups is 2. The van der Waals surface area contributed by atoms with E-state index in [1.807, 2.05) is 0 Å². The maximum atomic E-state index is 12.1. The summed E-state index contributed by atoms with van der Waals surface area (Å²) in [6.45, 7) is 2.89. The van der Waals surface area contributed by atoms with Crippen LogP contribution in [0.4, 0.5) is 0 Å². The Hall–Kier alpha value is -3.55. The van der Waals surface area contributed by atoms with E-state index in [2.05, 4.69) is 5.10 Å². The van der Waals surface area contributed by atoms with E-state index in [1.54, 1.807) is 42.5 Å². The first-order valence-electron chi connectivity index (χ1n) is 8.25. The number of fused-ring (bicyclic) bond motifs is 1. The summed E-state index contributed by atoms with van der Waals surface area (Å²) in [5, 5.41) is 5.55. The van der Waals surface area contributed by atoms with Gasteiger partial charge in [0.2, 0.25) is 24.8 Å². The van der Waals surface area contributed by atoms with Gasteiger partial charge in [-0.2, -0.15) is 5.01 Å². The first kappa shape index (κ1) is 16.9. The number of esters is 1.